The van der Waals surface area contributed by atoms with Crippen molar-refractivity contribution in [3.8, 4) is 5.75 Å². The molecule has 0 saturated carbocycles. The zero-order valence-electron chi connectivity index (χ0n) is 13.1. The standard InChI is InChI=1S/C18H21FN2O2/c1-12(9-19)20-10-13(22)11-23-17-8-4-7-16-18(17)14-5-2-3-6-15(14)21-16/h2-8,12-13,20-22H,9-11H2,1H3/t12?,13-/m1/s1/i19-1. The molecule has 1 heterocycles. The number of halogens is 1. The van der Waals surface area contributed by atoms with Crippen molar-refractivity contribution < 1.29 is 14.2 Å². The molecule has 3 aromatic rings. The molecule has 0 radical (unpaired) electrons. The Morgan fingerprint density at radius 3 is 2.78 bits per heavy atom. The second kappa shape index (κ2) is 6.98. The summed E-state index contributed by atoms with van der Waals surface area (Å²) in [7, 11) is 0. The lowest BCUT2D eigenvalue weighted by atomic mass is 10.1. The molecule has 0 bridgehead atoms. The van der Waals surface area contributed by atoms with Crippen molar-refractivity contribution in [2.45, 2.75) is 19.1 Å². The van der Waals surface area contributed by atoms with Crippen LogP contribution in [-0.2, 0) is 0 Å². The van der Waals surface area contributed by atoms with E-state index in [2.05, 4.69) is 10.3 Å². The first-order valence-corrected chi connectivity index (χ1v) is 7.78. The molecule has 3 N–H and O–H groups in total. The molecule has 0 fully saturated rings. The Bertz CT molecular complexity index is 787. The Balaban J connectivity index is 1.75. The number of fused-ring (bicyclic) bond motifs is 3. The van der Waals surface area contributed by atoms with Crippen molar-refractivity contribution in [1.82, 2.24) is 10.3 Å². The first-order chi connectivity index (χ1) is 11.2. The molecule has 3 rings (SSSR count). The summed E-state index contributed by atoms with van der Waals surface area (Å²) < 4.78 is 18.2. The molecule has 2 atom stereocenters. The van der Waals surface area contributed by atoms with Gasteiger partial charge in [0.05, 0.1) is 5.52 Å². The fourth-order valence-corrected chi connectivity index (χ4v) is 2.63. The van der Waals surface area contributed by atoms with Crippen LogP contribution in [0.3, 0.4) is 0 Å². The second-order valence-corrected chi connectivity index (χ2v) is 5.78. The van der Waals surface area contributed by atoms with Crippen molar-refractivity contribution in [2.75, 3.05) is 19.8 Å². The first-order valence-electron chi connectivity index (χ1n) is 7.78. The van der Waals surface area contributed by atoms with Crippen molar-refractivity contribution in [2.24, 2.45) is 0 Å². The number of H-pyrrole nitrogens is 1. The molecule has 0 aliphatic rings. The number of ether oxygens (including phenoxy) is 1. The van der Waals surface area contributed by atoms with Gasteiger partial charge >= 0.3 is 0 Å². The highest BCUT2D eigenvalue weighted by atomic mass is 18.2. The third kappa shape index (κ3) is 3.46. The largest absolute Gasteiger partial charge is 0.490 e. The SMILES string of the molecule is CC(C[18F])NC[C@@H](O)COc1cccc2[nH]c3ccccc3c12. The third-order valence-corrected chi connectivity index (χ3v) is 3.86. The summed E-state index contributed by atoms with van der Waals surface area (Å²) in [5.74, 6) is 0.734. The normalized spacial score (nSPS) is 14.2. The highest BCUT2D eigenvalue weighted by Crippen LogP contribution is 2.32. The van der Waals surface area contributed by atoms with Crippen LogP contribution >= 0.6 is 0 Å². The van der Waals surface area contributed by atoms with E-state index in [9.17, 15) is 9.50 Å². The van der Waals surface area contributed by atoms with Gasteiger partial charge in [0.1, 0.15) is 25.1 Å². The van der Waals surface area contributed by atoms with E-state index in [1.165, 1.54) is 0 Å². The van der Waals surface area contributed by atoms with E-state index in [0.29, 0.717) is 6.54 Å². The predicted molar refractivity (Wildman–Crippen MR) is 90.7 cm³/mol. The smallest absolute Gasteiger partial charge is 0.129 e. The molecule has 0 aliphatic carbocycles. The summed E-state index contributed by atoms with van der Waals surface area (Å²) >= 11 is 0. The number of para-hydroxylation sites is 1. The molecule has 2 aromatic carbocycles. The van der Waals surface area contributed by atoms with E-state index in [-0.39, 0.29) is 12.6 Å². The number of benzene rings is 2. The van der Waals surface area contributed by atoms with Crippen LogP contribution in [0.5, 0.6) is 5.75 Å². The van der Waals surface area contributed by atoms with Gasteiger partial charge in [-0.25, -0.2) is 4.39 Å². The number of hydrogen-bond acceptors (Lipinski definition) is 3. The van der Waals surface area contributed by atoms with Crippen LogP contribution in [0.25, 0.3) is 21.8 Å². The van der Waals surface area contributed by atoms with E-state index in [1.54, 1.807) is 6.92 Å². The van der Waals surface area contributed by atoms with Gasteiger partial charge in [0.2, 0.25) is 0 Å². The lowest BCUT2D eigenvalue weighted by Gasteiger charge is -2.16. The number of aromatic nitrogens is 1. The molecule has 0 amide bonds. The summed E-state index contributed by atoms with van der Waals surface area (Å²) in [6.07, 6.45) is -0.690. The summed E-state index contributed by atoms with van der Waals surface area (Å²) in [4.78, 5) is 3.36. The number of nitrogens with one attached hydrogen (secondary N) is 2. The predicted octanol–water partition coefficient (Wildman–Crippen LogP) is 3.01. The van der Waals surface area contributed by atoms with Crippen LogP contribution in [0.2, 0.25) is 0 Å². The third-order valence-electron chi connectivity index (χ3n) is 3.86. The Hall–Kier alpha value is -2.11. The van der Waals surface area contributed by atoms with Crippen LogP contribution in [0.4, 0.5) is 4.39 Å². The Labute approximate surface area is 134 Å². The summed E-state index contributed by atoms with van der Waals surface area (Å²) in [6, 6.07) is 13.6. The highest BCUT2D eigenvalue weighted by molar-refractivity contribution is 6.10. The number of aliphatic hydroxyl groups is 1. The zero-order valence-corrected chi connectivity index (χ0v) is 13.1. The van der Waals surface area contributed by atoms with Crippen molar-refractivity contribution in [3.05, 3.63) is 42.5 Å². The van der Waals surface area contributed by atoms with Crippen LogP contribution < -0.4 is 10.1 Å². The van der Waals surface area contributed by atoms with Gasteiger partial charge in [0, 0.05) is 28.9 Å². The quantitative estimate of drug-likeness (QED) is 0.628. The van der Waals surface area contributed by atoms with E-state index in [0.717, 1.165) is 27.6 Å². The van der Waals surface area contributed by atoms with Gasteiger partial charge in [-0.2, -0.15) is 0 Å². The summed E-state index contributed by atoms with van der Waals surface area (Å²) in [5.41, 5.74) is 2.06. The van der Waals surface area contributed by atoms with Crippen molar-refractivity contribution in [1.29, 1.82) is 0 Å². The van der Waals surface area contributed by atoms with Crippen LogP contribution in [-0.4, -0.2) is 42.1 Å². The molecule has 5 heteroatoms. The molecule has 122 valence electrons. The van der Waals surface area contributed by atoms with Gasteiger partial charge in [0.15, 0.2) is 0 Å². The Morgan fingerprint density at radius 1 is 1.17 bits per heavy atom. The Morgan fingerprint density at radius 2 is 1.96 bits per heavy atom. The second-order valence-electron chi connectivity index (χ2n) is 5.78. The average molecular weight is 315 g/mol. The molecule has 1 unspecified atom stereocenters. The monoisotopic (exact) mass is 315 g/mol. The van der Waals surface area contributed by atoms with Crippen LogP contribution in [0.1, 0.15) is 6.92 Å². The topological polar surface area (TPSA) is 57.3 Å². The number of aliphatic hydroxyl groups excluding tert-OH is 1. The van der Waals surface area contributed by atoms with Crippen LogP contribution in [0.15, 0.2) is 42.5 Å². The van der Waals surface area contributed by atoms with Gasteiger partial charge < -0.3 is 20.1 Å². The molecule has 23 heavy (non-hydrogen) atoms. The first kappa shape index (κ1) is 15.8. The van der Waals surface area contributed by atoms with Gasteiger partial charge in [-0.3, -0.25) is 0 Å². The molecule has 4 nitrogen and oxygen atoms in total. The minimum atomic E-state index is -0.690. The van der Waals surface area contributed by atoms with E-state index in [1.807, 2.05) is 42.5 Å². The van der Waals surface area contributed by atoms with Crippen molar-refractivity contribution >= 4 is 21.8 Å². The van der Waals surface area contributed by atoms with Crippen molar-refractivity contribution in [3.63, 3.8) is 0 Å². The Kier molecular flexibility index (Phi) is 4.79. The lowest BCUT2D eigenvalue weighted by Crippen LogP contribution is -2.37. The molecule has 0 spiro atoms. The molecule has 0 aliphatic heterocycles. The number of aromatic amines is 1. The maximum atomic E-state index is 12.4. The maximum absolute atomic E-state index is 12.4. The average Bonchev–Trinajstić information content (AvgIpc) is 2.96. The van der Waals surface area contributed by atoms with Gasteiger partial charge in [-0.15, -0.1) is 0 Å². The zero-order chi connectivity index (χ0) is 16.2. The van der Waals surface area contributed by atoms with E-state index >= 15 is 0 Å². The van der Waals surface area contributed by atoms with E-state index < -0.39 is 12.8 Å². The minimum Gasteiger partial charge on any atom is -0.490 e. The fraction of sp³-hybridized carbons (Fsp3) is 0.333. The number of alkyl halides is 1. The minimum absolute atomic E-state index is 0.157. The van der Waals surface area contributed by atoms with Crippen LogP contribution in [0, 0.1) is 0 Å². The number of rotatable bonds is 7. The molecule has 0 saturated heterocycles. The molecular formula is C18H21FN2O2. The van der Waals surface area contributed by atoms with E-state index in [4.69, 9.17) is 4.74 Å². The lowest BCUT2D eigenvalue weighted by molar-refractivity contribution is 0.104. The van der Waals surface area contributed by atoms with Gasteiger partial charge in [0.25, 0.3) is 0 Å². The van der Waals surface area contributed by atoms with Gasteiger partial charge in [-0.05, 0) is 25.1 Å². The molecule has 1 aromatic heterocycles. The fourth-order valence-electron chi connectivity index (χ4n) is 2.63. The maximum Gasteiger partial charge on any atom is 0.129 e. The molecular weight excluding hydrogens is 294 g/mol. The summed E-state index contributed by atoms with van der Waals surface area (Å²) in [6.45, 7) is 1.74. The van der Waals surface area contributed by atoms with Gasteiger partial charge in [-0.1, -0.05) is 24.3 Å². The summed E-state index contributed by atoms with van der Waals surface area (Å²) in [5, 5.41) is 15.0. The highest BCUT2D eigenvalue weighted by Gasteiger charge is 2.12. The number of hydrogen-bond donors (Lipinski definition) is 3.